The third-order valence-electron chi connectivity index (χ3n) is 2.29. The molecule has 0 unspecified atom stereocenters. The summed E-state index contributed by atoms with van der Waals surface area (Å²) in [4.78, 5) is 2.31. The van der Waals surface area contributed by atoms with E-state index in [9.17, 15) is 8.42 Å². The maximum atomic E-state index is 11.8. The van der Waals surface area contributed by atoms with E-state index < -0.39 is 10.0 Å². The molecule has 0 fully saturated rings. The minimum Gasteiger partial charge on any atom is -0.200 e. The van der Waals surface area contributed by atoms with Crippen LogP contribution in [0.5, 0.6) is 0 Å². The van der Waals surface area contributed by atoms with Gasteiger partial charge in [-0.25, -0.2) is 4.83 Å². The molecular formula is C13H11ClN2O2S. The first-order chi connectivity index (χ1) is 9.08. The fourth-order valence-corrected chi connectivity index (χ4v) is 2.42. The zero-order valence-corrected chi connectivity index (χ0v) is 11.4. The van der Waals surface area contributed by atoms with E-state index in [-0.39, 0.29) is 4.90 Å². The molecule has 2 aromatic carbocycles. The molecule has 0 heterocycles. The highest BCUT2D eigenvalue weighted by atomic mass is 35.5. The van der Waals surface area contributed by atoms with Crippen LogP contribution in [-0.4, -0.2) is 14.6 Å². The molecule has 6 heteroatoms. The smallest absolute Gasteiger partial charge is 0.200 e. The number of sulfonamides is 1. The first kappa shape index (κ1) is 13.6. The Balaban J connectivity index is 2.10. The number of rotatable bonds is 4. The highest BCUT2D eigenvalue weighted by Crippen LogP contribution is 2.09. The maximum absolute atomic E-state index is 11.8. The molecule has 2 aromatic rings. The Labute approximate surface area is 116 Å². The van der Waals surface area contributed by atoms with Crippen LogP contribution in [0.3, 0.4) is 0 Å². The summed E-state index contributed by atoms with van der Waals surface area (Å²) in [6.45, 7) is 0. The number of hydrogen-bond acceptors (Lipinski definition) is 3. The van der Waals surface area contributed by atoms with Crippen molar-refractivity contribution in [1.29, 1.82) is 0 Å². The summed E-state index contributed by atoms with van der Waals surface area (Å²) in [5.41, 5.74) is 0.711. The Hall–Kier alpha value is -1.85. The van der Waals surface area contributed by atoms with Crippen molar-refractivity contribution in [3.8, 4) is 0 Å². The van der Waals surface area contributed by atoms with Gasteiger partial charge < -0.3 is 0 Å². The fraction of sp³-hybridized carbons (Fsp3) is 0. The van der Waals surface area contributed by atoms with E-state index in [1.165, 1.54) is 18.3 Å². The molecule has 98 valence electrons. The summed E-state index contributed by atoms with van der Waals surface area (Å²) in [6.07, 6.45) is 1.40. The van der Waals surface area contributed by atoms with Crippen molar-refractivity contribution in [2.24, 2.45) is 5.10 Å². The lowest BCUT2D eigenvalue weighted by Crippen LogP contribution is -2.18. The zero-order valence-electron chi connectivity index (χ0n) is 9.82. The Morgan fingerprint density at radius 1 is 1.05 bits per heavy atom. The van der Waals surface area contributed by atoms with Crippen LogP contribution in [0.15, 0.2) is 64.6 Å². The van der Waals surface area contributed by atoms with Crippen LogP contribution >= 0.6 is 11.6 Å². The SMILES string of the molecule is O=S(=O)(N/N=C/c1cccc(Cl)c1)c1ccccc1. The van der Waals surface area contributed by atoms with Gasteiger partial charge in [-0.05, 0) is 29.8 Å². The van der Waals surface area contributed by atoms with Crippen molar-refractivity contribution in [2.45, 2.75) is 4.90 Å². The van der Waals surface area contributed by atoms with Gasteiger partial charge in [0.1, 0.15) is 0 Å². The predicted octanol–water partition coefficient (Wildman–Crippen LogP) is 2.65. The van der Waals surface area contributed by atoms with E-state index in [0.29, 0.717) is 10.6 Å². The van der Waals surface area contributed by atoms with E-state index in [2.05, 4.69) is 9.93 Å². The van der Waals surface area contributed by atoms with Crippen LogP contribution in [0.2, 0.25) is 5.02 Å². The third kappa shape index (κ3) is 3.81. The van der Waals surface area contributed by atoms with Gasteiger partial charge in [0.05, 0.1) is 11.1 Å². The fourth-order valence-electron chi connectivity index (χ4n) is 1.41. The minimum absolute atomic E-state index is 0.165. The topological polar surface area (TPSA) is 58.5 Å². The number of hydrogen-bond donors (Lipinski definition) is 1. The van der Waals surface area contributed by atoms with E-state index in [1.54, 1.807) is 42.5 Å². The largest absolute Gasteiger partial charge is 0.276 e. The molecule has 0 spiro atoms. The average molecular weight is 295 g/mol. The van der Waals surface area contributed by atoms with Gasteiger partial charge in [-0.3, -0.25) is 0 Å². The average Bonchev–Trinajstić information content (AvgIpc) is 2.40. The number of benzene rings is 2. The molecule has 19 heavy (non-hydrogen) atoms. The van der Waals surface area contributed by atoms with Gasteiger partial charge >= 0.3 is 0 Å². The number of nitrogens with one attached hydrogen (secondary N) is 1. The lowest BCUT2D eigenvalue weighted by molar-refractivity contribution is 0.584. The minimum atomic E-state index is -3.62. The van der Waals surface area contributed by atoms with E-state index in [4.69, 9.17) is 11.6 Å². The molecule has 0 aliphatic carbocycles. The monoisotopic (exact) mass is 294 g/mol. The van der Waals surface area contributed by atoms with Crippen molar-refractivity contribution in [2.75, 3.05) is 0 Å². The van der Waals surface area contributed by atoms with Crippen molar-refractivity contribution in [3.05, 3.63) is 65.2 Å². The van der Waals surface area contributed by atoms with Gasteiger partial charge in [0.15, 0.2) is 0 Å². The Morgan fingerprint density at radius 3 is 2.47 bits per heavy atom. The van der Waals surface area contributed by atoms with E-state index in [0.717, 1.165) is 0 Å². The number of nitrogens with zero attached hydrogens (tertiary/aromatic N) is 1. The molecule has 0 aliphatic heterocycles. The molecule has 0 atom stereocenters. The van der Waals surface area contributed by atoms with Gasteiger partial charge in [-0.2, -0.15) is 13.5 Å². The molecule has 0 aliphatic rings. The highest BCUT2D eigenvalue weighted by molar-refractivity contribution is 7.89. The Kier molecular flexibility index (Phi) is 4.19. The highest BCUT2D eigenvalue weighted by Gasteiger charge is 2.10. The third-order valence-corrected chi connectivity index (χ3v) is 3.76. The van der Waals surface area contributed by atoms with Crippen LogP contribution in [-0.2, 0) is 10.0 Å². The van der Waals surface area contributed by atoms with E-state index in [1.807, 2.05) is 0 Å². The molecule has 2 rings (SSSR count). The molecule has 0 amide bonds. The summed E-state index contributed by atoms with van der Waals surface area (Å²) < 4.78 is 23.7. The van der Waals surface area contributed by atoms with Crippen molar-refractivity contribution < 1.29 is 8.42 Å². The standard InChI is InChI=1S/C13H11ClN2O2S/c14-12-6-4-5-11(9-12)10-15-16-19(17,18)13-7-2-1-3-8-13/h1-10,16H/b15-10+. The summed E-state index contributed by atoms with van der Waals surface area (Å²) in [5.74, 6) is 0. The lowest BCUT2D eigenvalue weighted by Gasteiger charge is -2.02. The molecule has 0 bridgehead atoms. The molecule has 0 saturated heterocycles. The summed E-state index contributed by atoms with van der Waals surface area (Å²) >= 11 is 5.81. The van der Waals surface area contributed by atoms with Crippen molar-refractivity contribution >= 4 is 27.8 Å². The summed E-state index contributed by atoms with van der Waals surface area (Å²) in [5, 5.41) is 4.27. The quantitative estimate of drug-likeness (QED) is 0.696. The van der Waals surface area contributed by atoms with Crippen LogP contribution in [0.1, 0.15) is 5.56 Å². The Morgan fingerprint density at radius 2 is 1.79 bits per heavy atom. The molecular weight excluding hydrogens is 284 g/mol. The van der Waals surface area contributed by atoms with Gasteiger partial charge in [0, 0.05) is 5.02 Å². The normalized spacial score (nSPS) is 11.6. The first-order valence-corrected chi connectivity index (χ1v) is 7.29. The number of halogens is 1. The molecule has 0 saturated carbocycles. The van der Waals surface area contributed by atoms with Crippen molar-refractivity contribution in [1.82, 2.24) is 4.83 Å². The molecule has 0 radical (unpaired) electrons. The molecule has 4 nitrogen and oxygen atoms in total. The van der Waals surface area contributed by atoms with Crippen LogP contribution in [0, 0.1) is 0 Å². The van der Waals surface area contributed by atoms with Gasteiger partial charge in [0.25, 0.3) is 10.0 Å². The predicted molar refractivity (Wildman–Crippen MR) is 75.8 cm³/mol. The second kappa shape index (κ2) is 5.86. The summed E-state index contributed by atoms with van der Waals surface area (Å²) in [6, 6.07) is 15.0. The van der Waals surface area contributed by atoms with Crippen LogP contribution < -0.4 is 4.83 Å². The molecule has 0 aromatic heterocycles. The first-order valence-electron chi connectivity index (χ1n) is 5.43. The van der Waals surface area contributed by atoms with Crippen LogP contribution in [0.4, 0.5) is 0 Å². The second-order valence-corrected chi connectivity index (χ2v) is 5.82. The lowest BCUT2D eigenvalue weighted by atomic mass is 10.2. The number of hydrazone groups is 1. The van der Waals surface area contributed by atoms with Crippen LogP contribution in [0.25, 0.3) is 0 Å². The van der Waals surface area contributed by atoms with Gasteiger partial charge in [0.2, 0.25) is 0 Å². The van der Waals surface area contributed by atoms with E-state index >= 15 is 0 Å². The molecule has 1 N–H and O–H groups in total. The zero-order chi connectivity index (χ0) is 13.7. The van der Waals surface area contributed by atoms with Gasteiger partial charge in [-0.1, -0.05) is 41.9 Å². The van der Waals surface area contributed by atoms with Gasteiger partial charge in [-0.15, -0.1) is 0 Å². The second-order valence-electron chi connectivity index (χ2n) is 3.72. The maximum Gasteiger partial charge on any atom is 0.276 e. The summed E-state index contributed by atoms with van der Waals surface area (Å²) in [7, 11) is -3.62. The van der Waals surface area contributed by atoms with Crippen molar-refractivity contribution in [3.63, 3.8) is 0 Å². The Bertz CT molecular complexity index is 685.